The van der Waals surface area contributed by atoms with Gasteiger partial charge in [0.1, 0.15) is 5.75 Å². The summed E-state index contributed by atoms with van der Waals surface area (Å²) < 4.78 is 10.2. The molecule has 21 heavy (non-hydrogen) atoms. The Bertz CT molecular complexity index is 851. The van der Waals surface area contributed by atoms with Crippen molar-refractivity contribution in [1.29, 1.82) is 0 Å². The molecule has 0 saturated carbocycles. The van der Waals surface area contributed by atoms with E-state index in [9.17, 15) is 4.79 Å². The van der Waals surface area contributed by atoms with Gasteiger partial charge in [-0.05, 0) is 18.2 Å². The number of nitrogen functional groups attached to an aromatic ring is 1. The second kappa shape index (κ2) is 4.90. The summed E-state index contributed by atoms with van der Waals surface area (Å²) in [6.07, 6.45) is 0. The van der Waals surface area contributed by atoms with Crippen molar-refractivity contribution >= 4 is 28.2 Å². The minimum Gasteiger partial charge on any atom is -0.497 e. The van der Waals surface area contributed by atoms with Gasteiger partial charge in [0.05, 0.1) is 24.0 Å². The number of nitrogens with one attached hydrogen (secondary N) is 1. The van der Waals surface area contributed by atoms with Gasteiger partial charge in [0.15, 0.2) is 5.58 Å². The van der Waals surface area contributed by atoms with Crippen molar-refractivity contribution in [3.05, 3.63) is 46.9 Å². The van der Waals surface area contributed by atoms with Gasteiger partial charge in [-0.1, -0.05) is 6.07 Å². The van der Waals surface area contributed by atoms with Crippen LogP contribution < -0.4 is 21.1 Å². The van der Waals surface area contributed by atoms with E-state index >= 15 is 0 Å². The summed E-state index contributed by atoms with van der Waals surface area (Å²) in [7, 11) is 3.51. The van der Waals surface area contributed by atoms with Crippen molar-refractivity contribution < 1.29 is 9.15 Å². The second-order valence-electron chi connectivity index (χ2n) is 4.68. The molecule has 0 saturated heterocycles. The van der Waals surface area contributed by atoms with Crippen molar-refractivity contribution in [3.8, 4) is 5.75 Å². The van der Waals surface area contributed by atoms with E-state index in [-0.39, 0.29) is 0 Å². The molecule has 3 rings (SSSR count). The molecule has 3 aromatic rings. The number of ether oxygens (including phenoxy) is 1. The molecule has 0 atom stereocenters. The summed E-state index contributed by atoms with van der Waals surface area (Å²) >= 11 is 0. The molecule has 0 radical (unpaired) electrons. The van der Waals surface area contributed by atoms with Crippen LogP contribution in [0.2, 0.25) is 0 Å². The molecule has 1 heterocycles. The number of H-pyrrole nitrogens is 1. The van der Waals surface area contributed by atoms with Gasteiger partial charge in [-0.25, -0.2) is 4.79 Å². The number of anilines is 3. The lowest BCUT2D eigenvalue weighted by molar-refractivity contribution is 0.415. The second-order valence-corrected chi connectivity index (χ2v) is 4.68. The van der Waals surface area contributed by atoms with Crippen molar-refractivity contribution in [3.63, 3.8) is 0 Å². The molecular formula is C15H15N3O3. The van der Waals surface area contributed by atoms with Gasteiger partial charge in [0, 0.05) is 24.9 Å². The minimum atomic E-state index is -0.495. The molecule has 0 spiro atoms. The van der Waals surface area contributed by atoms with Crippen LogP contribution in [-0.2, 0) is 0 Å². The molecule has 0 aliphatic rings. The SMILES string of the molecule is COc1cccc(N(C)c2cc3[nH]c(=O)oc3cc2N)c1. The Morgan fingerprint density at radius 3 is 2.86 bits per heavy atom. The number of nitrogens with zero attached hydrogens (tertiary/aromatic N) is 1. The lowest BCUT2D eigenvalue weighted by Gasteiger charge is -2.21. The van der Waals surface area contributed by atoms with Crippen LogP contribution in [0.1, 0.15) is 0 Å². The first kappa shape index (κ1) is 13.1. The Hall–Kier alpha value is -2.89. The number of nitrogens with two attached hydrogens (primary N) is 1. The number of hydrogen-bond acceptors (Lipinski definition) is 5. The Labute approximate surface area is 120 Å². The lowest BCUT2D eigenvalue weighted by Crippen LogP contribution is -2.11. The Morgan fingerprint density at radius 1 is 1.29 bits per heavy atom. The zero-order valence-electron chi connectivity index (χ0n) is 11.7. The van der Waals surface area contributed by atoms with Crippen LogP contribution in [0.15, 0.2) is 45.6 Å². The quantitative estimate of drug-likeness (QED) is 0.722. The summed E-state index contributed by atoms with van der Waals surface area (Å²) in [6, 6.07) is 11.1. The maximum atomic E-state index is 11.2. The monoisotopic (exact) mass is 285 g/mol. The van der Waals surface area contributed by atoms with E-state index in [1.54, 1.807) is 19.2 Å². The molecule has 0 unspecified atom stereocenters. The number of oxazole rings is 1. The third kappa shape index (κ3) is 2.31. The van der Waals surface area contributed by atoms with Crippen LogP contribution >= 0.6 is 0 Å². The largest absolute Gasteiger partial charge is 0.497 e. The predicted molar refractivity (Wildman–Crippen MR) is 82.3 cm³/mol. The van der Waals surface area contributed by atoms with Crippen LogP contribution in [0.5, 0.6) is 5.75 Å². The van der Waals surface area contributed by atoms with Gasteiger partial charge in [0.2, 0.25) is 0 Å². The van der Waals surface area contributed by atoms with Gasteiger partial charge in [-0.15, -0.1) is 0 Å². The molecule has 0 amide bonds. The van der Waals surface area contributed by atoms with E-state index in [0.717, 1.165) is 17.1 Å². The maximum absolute atomic E-state index is 11.2. The predicted octanol–water partition coefficient (Wildman–Crippen LogP) is 2.48. The van der Waals surface area contributed by atoms with Crippen molar-refractivity contribution in [2.45, 2.75) is 0 Å². The van der Waals surface area contributed by atoms with Gasteiger partial charge < -0.3 is 19.8 Å². The number of aromatic amines is 1. The number of benzene rings is 2. The van der Waals surface area contributed by atoms with Crippen LogP contribution in [-0.4, -0.2) is 19.1 Å². The number of methoxy groups -OCH3 is 1. The molecule has 0 aliphatic heterocycles. The van der Waals surface area contributed by atoms with Gasteiger partial charge >= 0.3 is 5.76 Å². The zero-order valence-corrected chi connectivity index (χ0v) is 11.7. The fourth-order valence-electron chi connectivity index (χ4n) is 2.25. The maximum Gasteiger partial charge on any atom is 0.417 e. The van der Waals surface area contributed by atoms with Crippen molar-refractivity contribution in [2.24, 2.45) is 0 Å². The number of rotatable bonds is 3. The molecule has 2 aromatic carbocycles. The van der Waals surface area contributed by atoms with Crippen LogP contribution in [0, 0.1) is 0 Å². The van der Waals surface area contributed by atoms with E-state index in [1.807, 2.05) is 36.2 Å². The highest BCUT2D eigenvalue weighted by atomic mass is 16.5. The molecule has 6 nitrogen and oxygen atoms in total. The molecule has 0 aliphatic carbocycles. The highest BCUT2D eigenvalue weighted by molar-refractivity contribution is 5.87. The average molecular weight is 285 g/mol. The molecule has 108 valence electrons. The first-order valence-corrected chi connectivity index (χ1v) is 6.38. The molecule has 0 bridgehead atoms. The van der Waals surface area contributed by atoms with Gasteiger partial charge in [-0.2, -0.15) is 0 Å². The molecular weight excluding hydrogens is 270 g/mol. The van der Waals surface area contributed by atoms with E-state index in [2.05, 4.69) is 4.98 Å². The van der Waals surface area contributed by atoms with E-state index < -0.39 is 5.76 Å². The Kier molecular flexibility index (Phi) is 3.06. The van der Waals surface area contributed by atoms with Crippen molar-refractivity contribution in [2.75, 3.05) is 24.8 Å². The summed E-state index contributed by atoms with van der Waals surface area (Å²) in [5.74, 6) is 0.265. The molecule has 1 aromatic heterocycles. The smallest absolute Gasteiger partial charge is 0.417 e. The molecule has 3 N–H and O–H groups in total. The number of aromatic nitrogens is 1. The van der Waals surface area contributed by atoms with E-state index in [4.69, 9.17) is 14.9 Å². The number of fused-ring (bicyclic) bond motifs is 1. The standard InChI is InChI=1S/C15H15N3O3/c1-18(9-4-3-5-10(6-9)20-2)13-8-12-14(7-11(13)16)21-15(19)17-12/h3-8H,16H2,1-2H3,(H,17,19). The van der Waals surface area contributed by atoms with Gasteiger partial charge in [0.25, 0.3) is 0 Å². The summed E-state index contributed by atoms with van der Waals surface area (Å²) in [5.41, 5.74) is 9.33. The highest BCUT2D eigenvalue weighted by Gasteiger charge is 2.12. The third-order valence-electron chi connectivity index (χ3n) is 3.37. The fraction of sp³-hybridized carbons (Fsp3) is 0.133. The van der Waals surface area contributed by atoms with Crippen LogP contribution in [0.25, 0.3) is 11.1 Å². The minimum absolute atomic E-state index is 0.445. The first-order valence-electron chi connectivity index (χ1n) is 6.38. The Morgan fingerprint density at radius 2 is 2.10 bits per heavy atom. The van der Waals surface area contributed by atoms with Gasteiger partial charge in [-0.3, -0.25) is 4.98 Å². The van der Waals surface area contributed by atoms with Crippen molar-refractivity contribution in [1.82, 2.24) is 4.98 Å². The van der Waals surface area contributed by atoms with E-state index in [1.165, 1.54) is 0 Å². The van der Waals surface area contributed by atoms with Crippen LogP contribution in [0.4, 0.5) is 17.1 Å². The summed E-state index contributed by atoms with van der Waals surface area (Å²) in [6.45, 7) is 0. The van der Waals surface area contributed by atoms with E-state index in [0.29, 0.717) is 16.8 Å². The highest BCUT2D eigenvalue weighted by Crippen LogP contribution is 2.33. The zero-order chi connectivity index (χ0) is 15.0. The normalized spacial score (nSPS) is 10.8. The average Bonchev–Trinajstić information content (AvgIpc) is 2.84. The fourth-order valence-corrected chi connectivity index (χ4v) is 2.25. The Balaban J connectivity index is 2.09. The van der Waals surface area contributed by atoms with Crippen LogP contribution in [0.3, 0.4) is 0 Å². The topological polar surface area (TPSA) is 84.5 Å². The summed E-state index contributed by atoms with van der Waals surface area (Å²) in [4.78, 5) is 15.8. The third-order valence-corrected chi connectivity index (χ3v) is 3.37. The molecule has 6 heteroatoms. The first-order chi connectivity index (χ1) is 10.1. The number of hydrogen-bond donors (Lipinski definition) is 2. The lowest BCUT2D eigenvalue weighted by atomic mass is 10.2. The molecule has 0 fully saturated rings. The summed E-state index contributed by atoms with van der Waals surface area (Å²) in [5, 5.41) is 0.